The maximum atomic E-state index is 13.3. The molecule has 2 N–H and O–H groups in total. The lowest BCUT2D eigenvalue weighted by Gasteiger charge is -2.34. The summed E-state index contributed by atoms with van der Waals surface area (Å²) in [5.74, 6) is -1.42. The van der Waals surface area contributed by atoms with E-state index in [-0.39, 0.29) is 17.6 Å². The third-order valence-electron chi connectivity index (χ3n) is 4.38. The molecular weight excluding hydrogens is 334 g/mol. The van der Waals surface area contributed by atoms with Crippen molar-refractivity contribution in [2.45, 2.75) is 25.3 Å². The van der Waals surface area contributed by atoms with Crippen LogP contribution in [0, 0.1) is 5.92 Å². The highest BCUT2D eigenvalue weighted by Crippen LogP contribution is 2.34. The van der Waals surface area contributed by atoms with Gasteiger partial charge in [0.2, 0.25) is 5.91 Å². The van der Waals surface area contributed by atoms with Crippen LogP contribution >= 0.6 is 12.6 Å². The molecule has 2 aromatic rings. The molecule has 1 atom stereocenters. The van der Waals surface area contributed by atoms with Crippen LogP contribution in [-0.4, -0.2) is 28.8 Å². The van der Waals surface area contributed by atoms with Gasteiger partial charge in [0.25, 0.3) is 0 Å². The standard InChI is InChI=1S/C20H23NO3S/c1-14(2)17(18(22)23)21-19(24)20(13-25,15-9-5-3-6-10-15)16-11-7-4-8-12-16/h3-12,14,17,25H,13H2,1-2H3,(H,21,24)(H,22,23)/t17-/m0/s1. The molecule has 0 bridgehead atoms. The molecule has 0 aromatic heterocycles. The third kappa shape index (κ3) is 3.87. The predicted molar refractivity (Wildman–Crippen MR) is 102 cm³/mol. The summed E-state index contributed by atoms with van der Waals surface area (Å²) in [4.78, 5) is 24.8. The second kappa shape index (κ2) is 8.21. The number of hydrogen-bond donors (Lipinski definition) is 3. The van der Waals surface area contributed by atoms with E-state index in [0.717, 1.165) is 11.1 Å². The Bertz CT molecular complexity index is 677. The molecule has 0 unspecified atom stereocenters. The van der Waals surface area contributed by atoms with Crippen molar-refractivity contribution < 1.29 is 14.7 Å². The average Bonchev–Trinajstić information content (AvgIpc) is 2.62. The molecule has 0 heterocycles. The van der Waals surface area contributed by atoms with Crippen molar-refractivity contribution >= 4 is 24.5 Å². The lowest BCUT2D eigenvalue weighted by Crippen LogP contribution is -2.53. The van der Waals surface area contributed by atoms with Gasteiger partial charge >= 0.3 is 5.97 Å². The fourth-order valence-corrected chi connectivity index (χ4v) is 3.42. The van der Waals surface area contributed by atoms with Crippen LogP contribution in [0.25, 0.3) is 0 Å². The van der Waals surface area contributed by atoms with Gasteiger partial charge in [-0.25, -0.2) is 4.79 Å². The van der Waals surface area contributed by atoms with E-state index in [0.29, 0.717) is 0 Å². The van der Waals surface area contributed by atoms with Crippen molar-refractivity contribution in [1.29, 1.82) is 0 Å². The first-order valence-corrected chi connectivity index (χ1v) is 8.82. The zero-order chi connectivity index (χ0) is 18.4. The Labute approximate surface area is 153 Å². The van der Waals surface area contributed by atoms with Crippen molar-refractivity contribution in [3.63, 3.8) is 0 Å². The van der Waals surface area contributed by atoms with Crippen LogP contribution in [0.5, 0.6) is 0 Å². The molecule has 1 amide bonds. The quantitative estimate of drug-likeness (QED) is 0.667. The van der Waals surface area contributed by atoms with E-state index < -0.39 is 17.4 Å². The normalized spacial score (nSPS) is 12.6. The topological polar surface area (TPSA) is 66.4 Å². The largest absolute Gasteiger partial charge is 0.480 e. The summed E-state index contributed by atoms with van der Waals surface area (Å²) in [7, 11) is 0. The number of thiol groups is 1. The maximum Gasteiger partial charge on any atom is 0.326 e. The first kappa shape index (κ1) is 19.1. The zero-order valence-corrected chi connectivity index (χ0v) is 15.2. The van der Waals surface area contributed by atoms with Crippen LogP contribution in [-0.2, 0) is 15.0 Å². The van der Waals surface area contributed by atoms with Gasteiger partial charge in [0.15, 0.2) is 0 Å². The van der Waals surface area contributed by atoms with Gasteiger partial charge in [-0.05, 0) is 17.0 Å². The molecule has 0 radical (unpaired) electrons. The third-order valence-corrected chi connectivity index (χ3v) is 4.85. The summed E-state index contributed by atoms with van der Waals surface area (Å²) in [5.41, 5.74) is 0.497. The number of carboxylic acid groups (broad SMARTS) is 1. The maximum absolute atomic E-state index is 13.3. The van der Waals surface area contributed by atoms with E-state index in [2.05, 4.69) is 17.9 Å². The Hall–Kier alpha value is -2.27. The molecular formula is C20H23NO3S. The molecule has 132 valence electrons. The number of carbonyl (C=O) groups is 2. The number of nitrogens with one attached hydrogen (secondary N) is 1. The Morgan fingerprint density at radius 3 is 1.76 bits per heavy atom. The van der Waals surface area contributed by atoms with Gasteiger partial charge in [-0.15, -0.1) is 0 Å². The van der Waals surface area contributed by atoms with E-state index in [4.69, 9.17) is 0 Å². The van der Waals surface area contributed by atoms with Gasteiger partial charge in [0, 0.05) is 5.75 Å². The van der Waals surface area contributed by atoms with Crippen LogP contribution in [0.15, 0.2) is 60.7 Å². The van der Waals surface area contributed by atoms with Crippen LogP contribution < -0.4 is 5.32 Å². The lowest BCUT2D eigenvalue weighted by atomic mass is 9.75. The van der Waals surface area contributed by atoms with Crippen LogP contribution in [0.1, 0.15) is 25.0 Å². The minimum absolute atomic E-state index is 0.220. The summed E-state index contributed by atoms with van der Waals surface area (Å²) >= 11 is 4.48. The molecule has 0 aliphatic carbocycles. The van der Waals surface area contributed by atoms with Crippen LogP contribution in [0.3, 0.4) is 0 Å². The zero-order valence-electron chi connectivity index (χ0n) is 14.3. The monoisotopic (exact) mass is 357 g/mol. The summed E-state index contributed by atoms with van der Waals surface area (Å²) < 4.78 is 0. The predicted octanol–water partition coefficient (Wildman–Crippen LogP) is 3.13. The Morgan fingerprint density at radius 2 is 1.44 bits per heavy atom. The lowest BCUT2D eigenvalue weighted by molar-refractivity contribution is -0.143. The highest BCUT2D eigenvalue weighted by molar-refractivity contribution is 7.80. The van der Waals surface area contributed by atoms with Crippen molar-refractivity contribution in [2.24, 2.45) is 5.92 Å². The van der Waals surface area contributed by atoms with Crippen molar-refractivity contribution in [1.82, 2.24) is 5.32 Å². The first-order valence-electron chi connectivity index (χ1n) is 8.19. The molecule has 25 heavy (non-hydrogen) atoms. The highest BCUT2D eigenvalue weighted by Gasteiger charge is 2.42. The number of hydrogen-bond acceptors (Lipinski definition) is 3. The first-order chi connectivity index (χ1) is 11.9. The van der Waals surface area contributed by atoms with Gasteiger partial charge in [0.05, 0.1) is 0 Å². The van der Waals surface area contributed by atoms with E-state index >= 15 is 0 Å². The number of rotatable bonds is 7. The van der Waals surface area contributed by atoms with Gasteiger partial charge in [-0.1, -0.05) is 74.5 Å². The van der Waals surface area contributed by atoms with Gasteiger partial charge in [-0.3, -0.25) is 4.79 Å². The van der Waals surface area contributed by atoms with Gasteiger partial charge in [-0.2, -0.15) is 12.6 Å². The minimum atomic E-state index is -1.06. The molecule has 4 nitrogen and oxygen atoms in total. The average molecular weight is 357 g/mol. The number of amides is 1. The minimum Gasteiger partial charge on any atom is -0.480 e. The number of carbonyl (C=O) groups excluding carboxylic acids is 1. The molecule has 0 saturated heterocycles. The van der Waals surface area contributed by atoms with Crippen LogP contribution in [0.2, 0.25) is 0 Å². The molecule has 0 aliphatic rings. The highest BCUT2D eigenvalue weighted by atomic mass is 32.1. The molecule has 2 aromatic carbocycles. The smallest absolute Gasteiger partial charge is 0.326 e. The molecule has 5 heteroatoms. The number of aliphatic carboxylic acids is 1. The Kier molecular flexibility index (Phi) is 6.26. The van der Waals surface area contributed by atoms with Gasteiger partial charge < -0.3 is 10.4 Å². The summed E-state index contributed by atoms with van der Waals surface area (Å²) in [6.45, 7) is 3.54. The van der Waals surface area contributed by atoms with Gasteiger partial charge in [0.1, 0.15) is 11.5 Å². The van der Waals surface area contributed by atoms with Crippen LogP contribution in [0.4, 0.5) is 0 Å². The Morgan fingerprint density at radius 1 is 1.00 bits per heavy atom. The van der Waals surface area contributed by atoms with E-state index in [9.17, 15) is 14.7 Å². The fraction of sp³-hybridized carbons (Fsp3) is 0.300. The van der Waals surface area contributed by atoms with E-state index in [1.807, 2.05) is 60.7 Å². The van der Waals surface area contributed by atoms with Crippen molar-refractivity contribution in [3.05, 3.63) is 71.8 Å². The summed E-state index contributed by atoms with van der Waals surface area (Å²) in [6.07, 6.45) is 0. The number of benzene rings is 2. The summed E-state index contributed by atoms with van der Waals surface area (Å²) in [5, 5.41) is 12.2. The second-order valence-electron chi connectivity index (χ2n) is 6.33. The van der Waals surface area contributed by atoms with E-state index in [1.54, 1.807) is 13.8 Å². The second-order valence-corrected chi connectivity index (χ2v) is 6.65. The Balaban J connectivity index is 2.55. The van der Waals surface area contributed by atoms with Crippen molar-refractivity contribution in [2.75, 3.05) is 5.75 Å². The van der Waals surface area contributed by atoms with Crippen molar-refractivity contribution in [3.8, 4) is 0 Å². The molecule has 0 fully saturated rings. The molecule has 0 aliphatic heterocycles. The summed E-state index contributed by atoms with van der Waals surface area (Å²) in [6, 6.07) is 17.7. The molecule has 0 spiro atoms. The SMILES string of the molecule is CC(C)[C@H](NC(=O)C(CS)(c1ccccc1)c1ccccc1)C(=O)O. The fourth-order valence-electron chi connectivity index (χ4n) is 2.91. The molecule has 2 rings (SSSR count). The number of carboxylic acids is 1. The van der Waals surface area contributed by atoms with E-state index in [1.165, 1.54) is 0 Å². The molecule has 0 saturated carbocycles.